The lowest BCUT2D eigenvalue weighted by molar-refractivity contribution is 1.54. The van der Waals surface area contributed by atoms with Gasteiger partial charge in [-0.2, -0.15) is 0 Å². The molecular weight excluding hydrogens is 302 g/mol. The number of H-pyrrole nitrogens is 1. The highest BCUT2D eigenvalue weighted by atomic mass is 14.7. The third-order valence-corrected chi connectivity index (χ3v) is 4.56. The number of nitrogens with one attached hydrogen (secondary N) is 1. The van der Waals surface area contributed by atoms with Gasteiger partial charge in [0.1, 0.15) is 0 Å². The van der Waals surface area contributed by atoms with Gasteiger partial charge in [-0.15, -0.1) is 0 Å². The maximum absolute atomic E-state index is 8.42. The molecule has 0 saturated heterocycles. The minimum Gasteiger partial charge on any atom is -0.354 e. The largest absolute Gasteiger partial charge is 0.354 e. The quantitative estimate of drug-likeness (QED) is 0.374. The molecule has 1 heterocycles. The van der Waals surface area contributed by atoms with Gasteiger partial charge in [-0.25, -0.2) is 0 Å². The van der Waals surface area contributed by atoms with E-state index in [1.54, 1.807) is 0 Å². The van der Waals surface area contributed by atoms with Gasteiger partial charge in [0.25, 0.3) is 0 Å². The van der Waals surface area contributed by atoms with E-state index >= 15 is 0 Å². The highest BCUT2D eigenvalue weighted by molar-refractivity contribution is 6.14. The zero-order valence-electron chi connectivity index (χ0n) is 17.4. The molecule has 1 N–H and O–H groups in total. The first-order valence-electron chi connectivity index (χ1n) is 10.2. The van der Waals surface area contributed by atoms with Crippen LogP contribution >= 0.6 is 0 Å². The van der Waals surface area contributed by atoms with Gasteiger partial charge in [-0.3, -0.25) is 0 Å². The molecule has 0 fully saturated rings. The Balaban J connectivity index is 1.76. The van der Waals surface area contributed by atoms with E-state index in [0.717, 1.165) is 33.2 Å². The second-order valence-corrected chi connectivity index (χ2v) is 6.05. The van der Waals surface area contributed by atoms with E-state index in [-0.39, 0.29) is 24.2 Å². The number of rotatable bonds is 2. The lowest BCUT2D eigenvalue weighted by Crippen LogP contribution is -1.81. The number of aromatic amines is 1. The van der Waals surface area contributed by atoms with E-state index in [0.29, 0.717) is 10.9 Å². The van der Waals surface area contributed by atoms with Crippen LogP contribution in [-0.4, -0.2) is 4.98 Å². The van der Waals surface area contributed by atoms with E-state index < -0.39 is 0 Å². The van der Waals surface area contributed by atoms with Crippen molar-refractivity contribution in [3.63, 3.8) is 0 Å². The van der Waals surface area contributed by atoms with E-state index in [4.69, 9.17) is 5.48 Å². The molecule has 25 heavy (non-hydrogen) atoms. The highest BCUT2D eigenvalue weighted by Crippen LogP contribution is 2.35. The van der Waals surface area contributed by atoms with Crippen molar-refractivity contribution in [3.8, 4) is 22.3 Å². The molecule has 5 aromatic rings. The number of benzene rings is 4. The molecule has 0 aliphatic heterocycles. The van der Waals surface area contributed by atoms with Crippen LogP contribution in [0.2, 0.25) is 0 Å². The first kappa shape index (κ1) is 10.5. The smallest absolute Gasteiger partial charge is 0.0645 e. The van der Waals surface area contributed by atoms with Crippen molar-refractivity contribution in [2.45, 2.75) is 0 Å². The summed E-state index contributed by atoms with van der Waals surface area (Å²) in [5.41, 5.74) is 5.47. The van der Waals surface area contributed by atoms with Crippen LogP contribution in [0.25, 0.3) is 44.1 Å². The molecule has 0 spiro atoms. The zero-order valence-corrected chi connectivity index (χ0v) is 13.4. The van der Waals surface area contributed by atoms with E-state index in [1.807, 2.05) is 36.4 Å². The molecule has 1 aromatic heterocycles. The normalized spacial score (nSPS) is 13.4. The van der Waals surface area contributed by atoms with Gasteiger partial charge in [0.05, 0.1) is 5.48 Å². The first-order valence-corrected chi connectivity index (χ1v) is 8.23. The summed E-state index contributed by atoms with van der Waals surface area (Å²) in [6.07, 6.45) is 0. The minimum atomic E-state index is -0.220. The predicted molar refractivity (Wildman–Crippen MR) is 107 cm³/mol. The fourth-order valence-corrected chi connectivity index (χ4v) is 3.37. The summed E-state index contributed by atoms with van der Waals surface area (Å²) in [6, 6.07) is 23.8. The molecule has 4 aromatic carbocycles. The van der Waals surface area contributed by atoms with Crippen molar-refractivity contribution >= 4 is 21.8 Å². The van der Waals surface area contributed by atoms with Gasteiger partial charge in [0.15, 0.2) is 0 Å². The molecule has 1 heteroatoms. The third kappa shape index (κ3) is 2.33. The number of fused-ring (bicyclic) bond motifs is 3. The Labute approximate surface area is 152 Å². The molecule has 0 amide bonds. The van der Waals surface area contributed by atoms with Crippen LogP contribution in [0.4, 0.5) is 0 Å². The van der Waals surface area contributed by atoms with Gasteiger partial charge in [-0.05, 0) is 34.4 Å². The SMILES string of the molecule is [2H]c1c([2H])c([2H])c2c([nH]c3cccc(-c4ccc(-c5ccccc5)cc4)c32)c1[2H]. The minimum absolute atomic E-state index is 0.0133. The Hall–Kier alpha value is -3.32. The molecule has 5 rings (SSSR count). The first-order chi connectivity index (χ1) is 14.1. The fourth-order valence-electron chi connectivity index (χ4n) is 3.37. The molecule has 0 radical (unpaired) electrons. The summed E-state index contributed by atoms with van der Waals surface area (Å²) < 4.78 is 32.7. The lowest BCUT2D eigenvalue weighted by atomic mass is 9.97. The number of aromatic nitrogens is 1. The molecule has 0 bridgehead atoms. The summed E-state index contributed by atoms with van der Waals surface area (Å²) in [5.74, 6) is 0. The van der Waals surface area contributed by atoms with E-state index in [9.17, 15) is 0 Å². The topological polar surface area (TPSA) is 15.8 Å². The van der Waals surface area contributed by atoms with Crippen molar-refractivity contribution in [2.24, 2.45) is 0 Å². The number of para-hydroxylation sites is 1. The Kier molecular flexibility index (Phi) is 2.38. The predicted octanol–water partition coefficient (Wildman–Crippen LogP) is 6.66. The molecule has 0 aliphatic carbocycles. The van der Waals surface area contributed by atoms with Gasteiger partial charge in [0.2, 0.25) is 0 Å². The Morgan fingerprint density at radius 2 is 1.32 bits per heavy atom. The molecule has 1 nitrogen and oxygen atoms in total. The van der Waals surface area contributed by atoms with Crippen molar-refractivity contribution in [1.82, 2.24) is 4.98 Å². The summed E-state index contributed by atoms with van der Waals surface area (Å²) in [4.78, 5) is 3.19. The Bertz CT molecular complexity index is 1370. The maximum atomic E-state index is 8.42. The second kappa shape index (κ2) is 5.64. The lowest BCUT2D eigenvalue weighted by Gasteiger charge is -2.07. The standard InChI is InChI=1S/C24H17N/c1-2-7-17(8-3-1)18-13-15-19(16-14-18)20-10-6-12-23-24(20)21-9-4-5-11-22(21)25-23/h1-16,25H/i4D,5D,9D,11D. The van der Waals surface area contributed by atoms with Gasteiger partial charge in [0, 0.05) is 21.8 Å². The number of hydrogen-bond acceptors (Lipinski definition) is 0. The van der Waals surface area contributed by atoms with Crippen LogP contribution in [0.3, 0.4) is 0 Å². The average molecular weight is 323 g/mol. The monoisotopic (exact) mass is 323 g/mol. The molecule has 0 aliphatic rings. The van der Waals surface area contributed by atoms with Crippen LogP contribution in [0.1, 0.15) is 5.48 Å². The molecule has 0 atom stereocenters. The Morgan fingerprint density at radius 3 is 2.16 bits per heavy atom. The van der Waals surface area contributed by atoms with Crippen LogP contribution in [0.5, 0.6) is 0 Å². The van der Waals surface area contributed by atoms with E-state index in [1.165, 1.54) is 0 Å². The van der Waals surface area contributed by atoms with Crippen molar-refractivity contribution in [1.29, 1.82) is 0 Å². The molecular formula is C24H17N. The van der Waals surface area contributed by atoms with Gasteiger partial charge >= 0.3 is 0 Å². The summed E-state index contributed by atoms with van der Waals surface area (Å²) in [5, 5.41) is 1.36. The van der Waals surface area contributed by atoms with Gasteiger partial charge in [-0.1, -0.05) is 84.9 Å². The molecule has 0 saturated carbocycles. The van der Waals surface area contributed by atoms with Crippen molar-refractivity contribution in [2.75, 3.05) is 0 Å². The average Bonchev–Trinajstić information content (AvgIpc) is 3.17. The summed E-state index contributed by atoms with van der Waals surface area (Å²) in [6.45, 7) is 0. The highest BCUT2D eigenvalue weighted by Gasteiger charge is 2.10. The van der Waals surface area contributed by atoms with Crippen LogP contribution in [0, 0.1) is 0 Å². The molecule has 118 valence electrons. The third-order valence-electron chi connectivity index (χ3n) is 4.56. The summed E-state index contributed by atoms with van der Waals surface area (Å²) in [7, 11) is 0. The fraction of sp³-hybridized carbons (Fsp3) is 0. The maximum Gasteiger partial charge on any atom is 0.0645 e. The molecule has 0 unspecified atom stereocenters. The van der Waals surface area contributed by atoms with Crippen LogP contribution in [-0.2, 0) is 0 Å². The van der Waals surface area contributed by atoms with Crippen molar-refractivity contribution in [3.05, 3.63) is 97.0 Å². The van der Waals surface area contributed by atoms with Crippen molar-refractivity contribution < 1.29 is 5.48 Å². The summed E-state index contributed by atoms with van der Waals surface area (Å²) >= 11 is 0. The second-order valence-electron chi connectivity index (χ2n) is 6.05. The Morgan fingerprint density at radius 1 is 0.600 bits per heavy atom. The number of hydrogen-bond donors (Lipinski definition) is 1. The zero-order chi connectivity index (χ0) is 20.1. The van der Waals surface area contributed by atoms with Gasteiger partial charge < -0.3 is 4.98 Å². The van der Waals surface area contributed by atoms with Crippen LogP contribution < -0.4 is 0 Å². The van der Waals surface area contributed by atoms with E-state index in [2.05, 4.69) is 41.4 Å². The van der Waals surface area contributed by atoms with Crippen LogP contribution in [0.15, 0.2) is 97.0 Å².